The first kappa shape index (κ1) is 14.9. The number of morpholine rings is 1. The maximum Gasteiger partial charge on any atom is 0.253 e. The molecule has 1 heterocycles. The van der Waals surface area contributed by atoms with Crippen molar-refractivity contribution < 1.29 is 18.3 Å². The van der Waals surface area contributed by atoms with Crippen molar-refractivity contribution in [3.05, 3.63) is 35.4 Å². The van der Waals surface area contributed by atoms with Gasteiger partial charge in [-0.15, -0.1) is 0 Å². The van der Waals surface area contributed by atoms with Gasteiger partial charge in [0.05, 0.1) is 6.61 Å². The molecule has 20 heavy (non-hydrogen) atoms. The van der Waals surface area contributed by atoms with E-state index in [0.717, 1.165) is 6.07 Å². The molecule has 1 aliphatic rings. The number of benzene rings is 1. The van der Waals surface area contributed by atoms with Gasteiger partial charge >= 0.3 is 0 Å². The molecule has 1 aromatic rings. The van der Waals surface area contributed by atoms with Gasteiger partial charge in [0, 0.05) is 26.7 Å². The fourth-order valence-corrected chi connectivity index (χ4v) is 2.38. The van der Waals surface area contributed by atoms with Gasteiger partial charge in [0.2, 0.25) is 0 Å². The zero-order valence-corrected chi connectivity index (χ0v) is 11.6. The molecule has 1 aliphatic heterocycles. The van der Waals surface area contributed by atoms with Crippen molar-refractivity contribution in [2.24, 2.45) is 0 Å². The molecule has 0 saturated carbocycles. The van der Waals surface area contributed by atoms with E-state index >= 15 is 0 Å². The molecular weight excluding hydrogens is 266 g/mol. The number of amides is 1. The molecular formula is C14H18F2N2O2. The Morgan fingerprint density at radius 2 is 2.20 bits per heavy atom. The average molecular weight is 284 g/mol. The Bertz CT molecular complexity index is 510. The normalized spacial score (nSPS) is 23.6. The third-order valence-electron chi connectivity index (χ3n) is 3.45. The fraction of sp³-hybridized carbons (Fsp3) is 0.500. The molecule has 0 spiro atoms. The van der Waals surface area contributed by atoms with Gasteiger partial charge < -0.3 is 10.1 Å². The predicted molar refractivity (Wildman–Crippen MR) is 70.1 cm³/mol. The number of ether oxygens (including phenoxy) is 1. The van der Waals surface area contributed by atoms with Crippen LogP contribution >= 0.6 is 0 Å². The molecule has 1 atom stereocenters. The molecule has 1 saturated heterocycles. The van der Waals surface area contributed by atoms with E-state index < -0.39 is 17.2 Å². The number of hydrogen-bond acceptors (Lipinski definition) is 3. The summed E-state index contributed by atoms with van der Waals surface area (Å²) in [5.41, 5.74) is -0.240. The van der Waals surface area contributed by atoms with Crippen LogP contribution in [0.25, 0.3) is 0 Å². The van der Waals surface area contributed by atoms with Crippen LogP contribution in [0.1, 0.15) is 12.5 Å². The summed E-state index contributed by atoms with van der Waals surface area (Å²) < 4.78 is 31.6. The van der Waals surface area contributed by atoms with E-state index in [4.69, 9.17) is 4.74 Å². The van der Waals surface area contributed by atoms with Crippen molar-refractivity contribution >= 4 is 5.91 Å². The van der Waals surface area contributed by atoms with Crippen LogP contribution < -0.4 is 5.32 Å². The van der Waals surface area contributed by atoms with Gasteiger partial charge in [-0.3, -0.25) is 9.69 Å². The summed E-state index contributed by atoms with van der Waals surface area (Å²) in [5, 5.41) is 2.58. The number of nitrogens with zero attached hydrogens (tertiary/aromatic N) is 1. The molecule has 2 rings (SSSR count). The first-order valence-corrected chi connectivity index (χ1v) is 6.47. The number of halogens is 2. The molecule has 110 valence electrons. The van der Waals surface area contributed by atoms with Gasteiger partial charge in [-0.1, -0.05) is 6.07 Å². The first-order valence-electron chi connectivity index (χ1n) is 6.47. The molecule has 1 fully saturated rings. The molecule has 0 radical (unpaired) electrons. The first-order chi connectivity index (χ1) is 9.44. The Morgan fingerprint density at radius 1 is 1.45 bits per heavy atom. The van der Waals surface area contributed by atoms with Crippen LogP contribution in [-0.2, 0) is 16.1 Å². The Hall–Kier alpha value is -1.53. The molecule has 0 bridgehead atoms. The summed E-state index contributed by atoms with van der Waals surface area (Å²) in [5.74, 6) is -1.90. The lowest BCUT2D eigenvalue weighted by Gasteiger charge is -2.39. The SMILES string of the molecule is CNC(=O)[C@@]1(C)CN(Cc2ccc(F)c(F)c2)CCO1. The van der Waals surface area contributed by atoms with Crippen molar-refractivity contribution in [3.8, 4) is 0 Å². The fourth-order valence-electron chi connectivity index (χ4n) is 2.38. The van der Waals surface area contributed by atoms with Gasteiger partial charge in [-0.2, -0.15) is 0 Å². The molecule has 1 amide bonds. The summed E-state index contributed by atoms with van der Waals surface area (Å²) in [7, 11) is 1.56. The van der Waals surface area contributed by atoms with Gasteiger partial charge in [0.15, 0.2) is 17.2 Å². The summed E-state index contributed by atoms with van der Waals surface area (Å²) in [6, 6.07) is 3.84. The summed E-state index contributed by atoms with van der Waals surface area (Å²) in [6.07, 6.45) is 0. The van der Waals surface area contributed by atoms with E-state index in [1.54, 1.807) is 20.0 Å². The predicted octanol–water partition coefficient (Wildman–Crippen LogP) is 1.30. The highest BCUT2D eigenvalue weighted by atomic mass is 19.2. The maximum atomic E-state index is 13.2. The highest BCUT2D eigenvalue weighted by Gasteiger charge is 2.38. The van der Waals surface area contributed by atoms with Gasteiger partial charge in [-0.25, -0.2) is 8.78 Å². The van der Waals surface area contributed by atoms with Crippen molar-refractivity contribution in [1.29, 1.82) is 0 Å². The van der Waals surface area contributed by atoms with Crippen LogP contribution in [0.5, 0.6) is 0 Å². The average Bonchev–Trinajstić information content (AvgIpc) is 2.42. The zero-order valence-electron chi connectivity index (χ0n) is 11.6. The summed E-state index contributed by atoms with van der Waals surface area (Å²) in [4.78, 5) is 13.8. The second kappa shape index (κ2) is 5.85. The molecule has 4 nitrogen and oxygen atoms in total. The molecule has 6 heteroatoms. The zero-order chi connectivity index (χ0) is 14.8. The second-order valence-corrected chi connectivity index (χ2v) is 5.12. The molecule has 0 aromatic heterocycles. The highest BCUT2D eigenvalue weighted by Crippen LogP contribution is 2.20. The minimum absolute atomic E-state index is 0.188. The van der Waals surface area contributed by atoms with E-state index in [1.807, 2.05) is 4.90 Å². The van der Waals surface area contributed by atoms with Crippen LogP contribution in [0.2, 0.25) is 0 Å². The third-order valence-corrected chi connectivity index (χ3v) is 3.45. The van der Waals surface area contributed by atoms with Crippen LogP contribution in [0.15, 0.2) is 18.2 Å². The van der Waals surface area contributed by atoms with Crippen molar-refractivity contribution in [2.45, 2.75) is 19.1 Å². The summed E-state index contributed by atoms with van der Waals surface area (Å²) in [6.45, 7) is 3.65. The Labute approximate surface area is 116 Å². The van der Waals surface area contributed by atoms with E-state index in [9.17, 15) is 13.6 Å². The lowest BCUT2D eigenvalue weighted by molar-refractivity contribution is -0.156. The topological polar surface area (TPSA) is 41.6 Å². The minimum Gasteiger partial charge on any atom is -0.363 e. The second-order valence-electron chi connectivity index (χ2n) is 5.12. The molecule has 0 aliphatic carbocycles. The van der Waals surface area contributed by atoms with Crippen LogP contribution in [0.3, 0.4) is 0 Å². The third kappa shape index (κ3) is 3.13. The van der Waals surface area contributed by atoms with Crippen LogP contribution in [0.4, 0.5) is 8.78 Å². The number of likely N-dealkylation sites (N-methyl/N-ethyl adjacent to an activating group) is 1. The lowest BCUT2D eigenvalue weighted by Crippen LogP contribution is -2.57. The largest absolute Gasteiger partial charge is 0.363 e. The maximum absolute atomic E-state index is 13.2. The van der Waals surface area contributed by atoms with E-state index in [1.165, 1.54) is 6.07 Å². The Balaban J connectivity index is 2.06. The van der Waals surface area contributed by atoms with E-state index in [0.29, 0.717) is 31.8 Å². The van der Waals surface area contributed by atoms with Crippen LogP contribution in [0, 0.1) is 11.6 Å². The number of nitrogens with one attached hydrogen (secondary N) is 1. The van der Waals surface area contributed by atoms with Gasteiger partial charge in [0.1, 0.15) is 0 Å². The number of hydrogen-bond donors (Lipinski definition) is 1. The van der Waals surface area contributed by atoms with Gasteiger partial charge in [0.25, 0.3) is 5.91 Å². The monoisotopic (exact) mass is 284 g/mol. The van der Waals surface area contributed by atoms with E-state index in [2.05, 4.69) is 5.32 Å². The minimum atomic E-state index is -0.911. The van der Waals surface area contributed by atoms with E-state index in [-0.39, 0.29) is 5.91 Å². The quantitative estimate of drug-likeness (QED) is 0.909. The van der Waals surface area contributed by atoms with Crippen molar-refractivity contribution in [2.75, 3.05) is 26.7 Å². The molecule has 0 unspecified atom stereocenters. The molecule has 1 N–H and O–H groups in total. The van der Waals surface area contributed by atoms with Crippen LogP contribution in [-0.4, -0.2) is 43.2 Å². The standard InChI is InChI=1S/C14H18F2N2O2/c1-14(13(19)17-2)9-18(5-6-20-14)8-10-3-4-11(15)12(16)7-10/h3-4,7H,5-6,8-9H2,1-2H3,(H,17,19)/t14-/m1/s1. The van der Waals surface area contributed by atoms with Crippen molar-refractivity contribution in [1.82, 2.24) is 10.2 Å². The Kier molecular flexibility index (Phi) is 4.35. The van der Waals surface area contributed by atoms with Gasteiger partial charge in [-0.05, 0) is 24.6 Å². The number of rotatable bonds is 3. The highest BCUT2D eigenvalue weighted by molar-refractivity contribution is 5.84. The smallest absolute Gasteiger partial charge is 0.253 e. The number of carbonyl (C=O) groups excluding carboxylic acids is 1. The Morgan fingerprint density at radius 3 is 2.85 bits per heavy atom. The van der Waals surface area contributed by atoms with Crippen molar-refractivity contribution in [3.63, 3.8) is 0 Å². The number of carbonyl (C=O) groups is 1. The molecule has 1 aromatic carbocycles. The summed E-state index contributed by atoms with van der Waals surface area (Å²) >= 11 is 0. The lowest BCUT2D eigenvalue weighted by atomic mass is 10.0.